The summed E-state index contributed by atoms with van der Waals surface area (Å²) < 4.78 is 0. The second-order valence-corrected chi connectivity index (χ2v) is 6.28. The van der Waals surface area contributed by atoms with Crippen molar-refractivity contribution < 1.29 is 5.11 Å². The first-order valence-electron chi connectivity index (χ1n) is 7.69. The molecule has 0 aromatic carbocycles. The molecule has 2 atom stereocenters. The molecule has 2 heterocycles. The Balaban J connectivity index is 1.42. The molecule has 1 saturated carbocycles. The highest BCUT2D eigenvalue weighted by atomic mass is 16.3. The van der Waals surface area contributed by atoms with Crippen LogP contribution in [0.2, 0.25) is 0 Å². The average molecular weight is 253 g/mol. The molecule has 0 bridgehead atoms. The predicted molar refractivity (Wildman–Crippen MR) is 72.7 cm³/mol. The Labute approximate surface area is 110 Å². The van der Waals surface area contributed by atoms with E-state index in [2.05, 4.69) is 15.1 Å². The lowest BCUT2D eigenvalue weighted by Gasteiger charge is -2.27. The Bertz CT molecular complexity index is 270. The number of nitrogens with zero attached hydrogens (tertiary/aromatic N) is 2. The maximum atomic E-state index is 10.1. The fourth-order valence-electron chi connectivity index (χ4n) is 3.40. The van der Waals surface area contributed by atoms with Crippen LogP contribution in [0.25, 0.3) is 0 Å². The number of β-amino-alcohol motifs (C(OH)–C–C–N with tert-alkyl or cyclic N) is 1. The van der Waals surface area contributed by atoms with E-state index in [0.29, 0.717) is 6.04 Å². The molecule has 2 N–H and O–H groups in total. The lowest BCUT2D eigenvalue weighted by molar-refractivity contribution is 0.106. The van der Waals surface area contributed by atoms with E-state index < -0.39 is 0 Å². The molecule has 2 aliphatic heterocycles. The molecule has 3 aliphatic rings. The number of aliphatic hydroxyl groups is 1. The molecule has 3 fully saturated rings. The van der Waals surface area contributed by atoms with Gasteiger partial charge in [-0.2, -0.15) is 0 Å². The van der Waals surface area contributed by atoms with Gasteiger partial charge in [-0.25, -0.2) is 0 Å². The van der Waals surface area contributed by atoms with Gasteiger partial charge in [0.15, 0.2) is 0 Å². The molecule has 18 heavy (non-hydrogen) atoms. The number of fused-ring (bicyclic) bond motifs is 1. The molecule has 4 nitrogen and oxygen atoms in total. The van der Waals surface area contributed by atoms with Gasteiger partial charge in [-0.05, 0) is 51.7 Å². The van der Waals surface area contributed by atoms with E-state index >= 15 is 0 Å². The third-order valence-corrected chi connectivity index (χ3v) is 4.58. The zero-order valence-electron chi connectivity index (χ0n) is 11.4. The van der Waals surface area contributed by atoms with Crippen molar-refractivity contribution in [3.05, 3.63) is 0 Å². The number of hydrogen-bond acceptors (Lipinski definition) is 4. The standard InChI is InChI=1S/C14H27N3O/c18-14(9-15-12-4-5-12)11-16-6-2-8-17-7-1-3-13(17)10-16/h12-15,18H,1-11H2. The normalized spacial score (nSPS) is 32.2. The summed E-state index contributed by atoms with van der Waals surface area (Å²) >= 11 is 0. The van der Waals surface area contributed by atoms with Crippen LogP contribution in [0.1, 0.15) is 32.1 Å². The van der Waals surface area contributed by atoms with E-state index in [4.69, 9.17) is 0 Å². The van der Waals surface area contributed by atoms with E-state index in [-0.39, 0.29) is 6.10 Å². The van der Waals surface area contributed by atoms with Crippen molar-refractivity contribution in [2.75, 3.05) is 39.3 Å². The van der Waals surface area contributed by atoms with Crippen LogP contribution in [0.5, 0.6) is 0 Å². The second-order valence-electron chi connectivity index (χ2n) is 6.28. The highest BCUT2D eigenvalue weighted by molar-refractivity contribution is 4.86. The minimum atomic E-state index is -0.196. The Kier molecular flexibility index (Phi) is 4.19. The third-order valence-electron chi connectivity index (χ3n) is 4.58. The van der Waals surface area contributed by atoms with Crippen molar-refractivity contribution in [1.82, 2.24) is 15.1 Å². The molecule has 2 unspecified atom stereocenters. The van der Waals surface area contributed by atoms with Gasteiger partial charge in [0.2, 0.25) is 0 Å². The van der Waals surface area contributed by atoms with Crippen molar-refractivity contribution in [2.24, 2.45) is 0 Å². The van der Waals surface area contributed by atoms with Crippen molar-refractivity contribution in [1.29, 1.82) is 0 Å². The maximum Gasteiger partial charge on any atom is 0.0791 e. The zero-order valence-corrected chi connectivity index (χ0v) is 11.4. The molecule has 0 spiro atoms. The van der Waals surface area contributed by atoms with Gasteiger partial charge in [0, 0.05) is 31.7 Å². The van der Waals surface area contributed by atoms with Crippen LogP contribution >= 0.6 is 0 Å². The largest absolute Gasteiger partial charge is 0.390 e. The van der Waals surface area contributed by atoms with E-state index in [0.717, 1.165) is 25.7 Å². The second kappa shape index (κ2) is 5.87. The summed E-state index contributed by atoms with van der Waals surface area (Å²) in [7, 11) is 0. The highest BCUT2D eigenvalue weighted by Gasteiger charge is 2.29. The molecule has 0 radical (unpaired) electrons. The summed E-state index contributed by atoms with van der Waals surface area (Å²) in [6.07, 6.45) is 6.38. The topological polar surface area (TPSA) is 38.7 Å². The van der Waals surface area contributed by atoms with Gasteiger partial charge in [-0.3, -0.25) is 9.80 Å². The quantitative estimate of drug-likeness (QED) is 0.738. The van der Waals surface area contributed by atoms with Crippen LogP contribution in [0.15, 0.2) is 0 Å². The van der Waals surface area contributed by atoms with E-state index in [9.17, 15) is 5.11 Å². The molecule has 104 valence electrons. The first kappa shape index (κ1) is 12.9. The summed E-state index contributed by atoms with van der Waals surface area (Å²) in [5.41, 5.74) is 0. The average Bonchev–Trinajstić information content (AvgIpc) is 3.12. The van der Waals surface area contributed by atoms with E-state index in [1.807, 2.05) is 0 Å². The highest BCUT2D eigenvalue weighted by Crippen LogP contribution is 2.21. The lowest BCUT2D eigenvalue weighted by Crippen LogP contribution is -2.42. The van der Waals surface area contributed by atoms with Gasteiger partial charge in [0.1, 0.15) is 0 Å². The molecule has 1 aliphatic carbocycles. The minimum Gasteiger partial charge on any atom is -0.390 e. The molecule has 2 saturated heterocycles. The van der Waals surface area contributed by atoms with Gasteiger partial charge in [0.05, 0.1) is 6.10 Å². The van der Waals surface area contributed by atoms with Crippen LogP contribution in [0, 0.1) is 0 Å². The van der Waals surface area contributed by atoms with Gasteiger partial charge in [-0.1, -0.05) is 0 Å². The third kappa shape index (κ3) is 3.44. The van der Waals surface area contributed by atoms with Gasteiger partial charge >= 0.3 is 0 Å². The Morgan fingerprint density at radius 3 is 2.78 bits per heavy atom. The van der Waals surface area contributed by atoms with E-state index in [1.54, 1.807) is 0 Å². The Morgan fingerprint density at radius 1 is 1.11 bits per heavy atom. The zero-order chi connectivity index (χ0) is 12.4. The molecular weight excluding hydrogens is 226 g/mol. The molecule has 0 amide bonds. The summed E-state index contributed by atoms with van der Waals surface area (Å²) in [4.78, 5) is 5.13. The molecule has 0 aromatic heterocycles. The molecule has 3 rings (SSSR count). The van der Waals surface area contributed by atoms with Gasteiger partial charge < -0.3 is 10.4 Å². The Morgan fingerprint density at radius 2 is 1.94 bits per heavy atom. The van der Waals surface area contributed by atoms with Gasteiger partial charge in [-0.15, -0.1) is 0 Å². The fourth-order valence-corrected chi connectivity index (χ4v) is 3.40. The van der Waals surface area contributed by atoms with Crippen molar-refractivity contribution in [3.8, 4) is 0 Å². The van der Waals surface area contributed by atoms with Crippen molar-refractivity contribution in [2.45, 2.75) is 50.3 Å². The number of aliphatic hydroxyl groups excluding tert-OH is 1. The molecular formula is C14H27N3O. The summed E-state index contributed by atoms with van der Waals surface area (Å²) in [6, 6.07) is 1.46. The minimum absolute atomic E-state index is 0.196. The van der Waals surface area contributed by atoms with Crippen LogP contribution in [-0.4, -0.2) is 72.4 Å². The monoisotopic (exact) mass is 253 g/mol. The summed E-state index contributed by atoms with van der Waals surface area (Å²) in [5, 5.41) is 13.5. The van der Waals surface area contributed by atoms with E-state index in [1.165, 1.54) is 51.7 Å². The van der Waals surface area contributed by atoms with Crippen LogP contribution < -0.4 is 5.32 Å². The summed E-state index contributed by atoms with van der Waals surface area (Å²) in [5.74, 6) is 0. The fraction of sp³-hybridized carbons (Fsp3) is 1.00. The maximum absolute atomic E-state index is 10.1. The Hall–Kier alpha value is -0.160. The smallest absolute Gasteiger partial charge is 0.0791 e. The summed E-state index contributed by atoms with van der Waals surface area (Å²) in [6.45, 7) is 6.51. The van der Waals surface area contributed by atoms with Crippen molar-refractivity contribution >= 4 is 0 Å². The van der Waals surface area contributed by atoms with Gasteiger partial charge in [0.25, 0.3) is 0 Å². The van der Waals surface area contributed by atoms with Crippen LogP contribution in [0.3, 0.4) is 0 Å². The van der Waals surface area contributed by atoms with Crippen molar-refractivity contribution in [3.63, 3.8) is 0 Å². The number of hydrogen-bond donors (Lipinski definition) is 2. The number of rotatable bonds is 5. The van der Waals surface area contributed by atoms with Crippen LogP contribution in [-0.2, 0) is 0 Å². The van der Waals surface area contributed by atoms with Crippen LogP contribution in [0.4, 0.5) is 0 Å². The molecule has 0 aromatic rings. The first-order chi connectivity index (χ1) is 8.81. The SMILES string of the molecule is OC(CNC1CC1)CN1CCCN2CCCC2C1. The molecule has 4 heteroatoms. The number of nitrogens with one attached hydrogen (secondary N) is 1. The first-order valence-corrected chi connectivity index (χ1v) is 7.69. The lowest BCUT2D eigenvalue weighted by atomic mass is 10.2. The predicted octanol–water partition coefficient (Wildman–Crippen LogP) is 0.269.